The van der Waals surface area contributed by atoms with E-state index in [1.54, 1.807) is 13.2 Å². The summed E-state index contributed by atoms with van der Waals surface area (Å²) in [6.07, 6.45) is 2.23. The molecule has 3 aromatic rings. The summed E-state index contributed by atoms with van der Waals surface area (Å²) >= 11 is 0. The molecule has 168 valence electrons. The molecule has 0 radical (unpaired) electrons. The maximum atomic E-state index is 12.6. The zero-order valence-corrected chi connectivity index (χ0v) is 18.7. The Kier molecular flexibility index (Phi) is 6.89. The van der Waals surface area contributed by atoms with Crippen molar-refractivity contribution in [3.05, 3.63) is 60.0 Å². The summed E-state index contributed by atoms with van der Waals surface area (Å²) in [5, 5.41) is 7.62. The van der Waals surface area contributed by atoms with Crippen LogP contribution >= 0.6 is 0 Å². The predicted molar refractivity (Wildman–Crippen MR) is 127 cm³/mol. The number of guanidine groups is 1. The smallest absolute Gasteiger partial charge is 0.224 e. The first-order valence-electron chi connectivity index (χ1n) is 11.0. The molecule has 2 aromatic heterocycles. The molecule has 3 heterocycles. The van der Waals surface area contributed by atoms with Gasteiger partial charge in [-0.3, -0.25) is 9.79 Å². The van der Waals surface area contributed by atoms with Crippen LogP contribution < -0.4 is 15.5 Å². The number of hydrogen-bond donors (Lipinski definition) is 2. The van der Waals surface area contributed by atoms with Crippen molar-refractivity contribution in [3.63, 3.8) is 0 Å². The summed E-state index contributed by atoms with van der Waals surface area (Å²) in [4.78, 5) is 25.4. The molecule has 0 unspecified atom stereocenters. The number of para-hydroxylation sites is 1. The van der Waals surface area contributed by atoms with Crippen LogP contribution in [0.15, 0.2) is 58.1 Å². The Balaban J connectivity index is 1.20. The molecule has 1 aliphatic heterocycles. The molecule has 2 N–H and O–H groups in total. The lowest BCUT2D eigenvalue weighted by molar-refractivity contribution is -0.131. The number of aliphatic imine (C=N–C) groups is 1. The summed E-state index contributed by atoms with van der Waals surface area (Å²) in [5.74, 6) is 2.66. The number of rotatable bonds is 6. The number of piperazine rings is 1. The van der Waals surface area contributed by atoms with Gasteiger partial charge in [0.2, 0.25) is 5.91 Å². The normalized spacial score (nSPS) is 14.6. The number of carbonyl (C=O) groups excluding carboxylic acids is 1. The number of carbonyl (C=O) groups is 1. The van der Waals surface area contributed by atoms with Gasteiger partial charge in [0.15, 0.2) is 5.96 Å². The highest BCUT2D eigenvalue weighted by Gasteiger charge is 2.21. The first-order chi connectivity index (χ1) is 15.7. The Morgan fingerprint density at radius 3 is 2.59 bits per heavy atom. The van der Waals surface area contributed by atoms with Gasteiger partial charge < -0.3 is 24.9 Å². The van der Waals surface area contributed by atoms with E-state index in [2.05, 4.69) is 38.5 Å². The molecule has 1 aromatic carbocycles. The van der Waals surface area contributed by atoms with Gasteiger partial charge in [-0.2, -0.15) is 0 Å². The zero-order chi connectivity index (χ0) is 22.3. The number of nitrogens with one attached hydrogen (secondary N) is 2. The third-order valence-electron chi connectivity index (χ3n) is 5.82. The van der Waals surface area contributed by atoms with Crippen LogP contribution in [-0.2, 0) is 11.3 Å². The summed E-state index contributed by atoms with van der Waals surface area (Å²) in [6, 6.07) is 13.9. The van der Waals surface area contributed by atoms with Crippen LogP contribution in [0, 0.1) is 6.92 Å². The summed E-state index contributed by atoms with van der Waals surface area (Å²) in [5.41, 5.74) is 2.02. The molecule has 1 aliphatic rings. The fourth-order valence-corrected chi connectivity index (χ4v) is 3.95. The van der Waals surface area contributed by atoms with Gasteiger partial charge in [0, 0.05) is 63.3 Å². The predicted octanol–water partition coefficient (Wildman–Crippen LogP) is 2.54. The number of pyridine rings is 1. The van der Waals surface area contributed by atoms with E-state index in [0.29, 0.717) is 38.6 Å². The number of fused-ring (bicyclic) bond motifs is 1. The molecular formula is C24H30N6O2. The van der Waals surface area contributed by atoms with Crippen molar-refractivity contribution < 1.29 is 9.21 Å². The molecule has 4 rings (SSSR count). The number of amides is 1. The summed E-state index contributed by atoms with van der Waals surface area (Å²) in [6.45, 7) is 6.15. The zero-order valence-electron chi connectivity index (χ0n) is 18.7. The van der Waals surface area contributed by atoms with Gasteiger partial charge in [-0.15, -0.1) is 0 Å². The van der Waals surface area contributed by atoms with E-state index in [1.807, 2.05) is 41.3 Å². The molecule has 1 saturated heterocycles. The number of furan rings is 1. The van der Waals surface area contributed by atoms with Crippen LogP contribution in [0.2, 0.25) is 0 Å². The minimum Gasteiger partial charge on any atom is -0.459 e. The minimum absolute atomic E-state index is 0.154. The maximum absolute atomic E-state index is 12.6. The third kappa shape index (κ3) is 5.01. The number of anilines is 1. The number of benzene rings is 1. The van der Waals surface area contributed by atoms with Gasteiger partial charge >= 0.3 is 0 Å². The second-order valence-electron chi connectivity index (χ2n) is 7.80. The average Bonchev–Trinajstić information content (AvgIpc) is 3.17. The quantitative estimate of drug-likeness (QED) is 0.458. The van der Waals surface area contributed by atoms with Crippen molar-refractivity contribution in [1.29, 1.82) is 0 Å². The van der Waals surface area contributed by atoms with E-state index in [4.69, 9.17) is 4.42 Å². The molecule has 0 spiro atoms. The van der Waals surface area contributed by atoms with E-state index in [9.17, 15) is 4.79 Å². The molecule has 0 atom stereocenters. The molecule has 8 heteroatoms. The number of aromatic nitrogens is 1. The number of hydrogen-bond acceptors (Lipinski definition) is 5. The van der Waals surface area contributed by atoms with Crippen LogP contribution in [0.5, 0.6) is 0 Å². The van der Waals surface area contributed by atoms with Gasteiger partial charge in [-0.05, 0) is 25.1 Å². The van der Waals surface area contributed by atoms with Gasteiger partial charge in [-0.1, -0.05) is 24.3 Å². The van der Waals surface area contributed by atoms with E-state index < -0.39 is 0 Å². The summed E-state index contributed by atoms with van der Waals surface area (Å²) < 4.78 is 5.94. The second kappa shape index (κ2) is 10.2. The van der Waals surface area contributed by atoms with Crippen molar-refractivity contribution in [2.24, 2.45) is 4.99 Å². The van der Waals surface area contributed by atoms with Crippen molar-refractivity contribution >= 4 is 28.7 Å². The number of aryl methyl sites for hydroxylation is 1. The van der Waals surface area contributed by atoms with Gasteiger partial charge in [0.1, 0.15) is 17.2 Å². The van der Waals surface area contributed by atoms with Crippen molar-refractivity contribution in [1.82, 2.24) is 20.5 Å². The van der Waals surface area contributed by atoms with E-state index in [-0.39, 0.29) is 5.91 Å². The molecule has 1 amide bonds. The van der Waals surface area contributed by atoms with E-state index >= 15 is 0 Å². The minimum atomic E-state index is 0.154. The van der Waals surface area contributed by atoms with E-state index in [1.165, 1.54) is 0 Å². The van der Waals surface area contributed by atoms with Crippen molar-refractivity contribution in [3.8, 4) is 0 Å². The van der Waals surface area contributed by atoms with E-state index in [0.717, 1.165) is 41.2 Å². The van der Waals surface area contributed by atoms with Gasteiger partial charge in [0.25, 0.3) is 0 Å². The van der Waals surface area contributed by atoms with Crippen molar-refractivity contribution in [2.75, 3.05) is 44.7 Å². The van der Waals surface area contributed by atoms with Crippen molar-refractivity contribution in [2.45, 2.75) is 19.9 Å². The molecular weight excluding hydrogens is 404 g/mol. The Hall–Kier alpha value is -3.55. The lowest BCUT2D eigenvalue weighted by Gasteiger charge is -2.35. The van der Waals surface area contributed by atoms with Crippen LogP contribution in [0.1, 0.15) is 17.7 Å². The average molecular weight is 435 g/mol. The Morgan fingerprint density at radius 1 is 1.09 bits per heavy atom. The summed E-state index contributed by atoms with van der Waals surface area (Å²) in [7, 11) is 1.72. The molecule has 1 fully saturated rings. The first-order valence-corrected chi connectivity index (χ1v) is 11.0. The highest BCUT2D eigenvalue weighted by Crippen LogP contribution is 2.24. The lowest BCUT2D eigenvalue weighted by atomic mass is 10.1. The second-order valence-corrected chi connectivity index (χ2v) is 7.80. The molecule has 32 heavy (non-hydrogen) atoms. The van der Waals surface area contributed by atoms with Gasteiger partial charge in [-0.25, -0.2) is 4.98 Å². The SMILES string of the molecule is CN=C(NCCC(=O)N1CCN(c2ccccn2)CC1)NCc1oc2ccccc2c1C. The maximum Gasteiger partial charge on any atom is 0.224 e. The number of nitrogens with zero attached hydrogens (tertiary/aromatic N) is 4. The van der Waals surface area contributed by atoms with Crippen LogP contribution in [-0.4, -0.2) is 61.5 Å². The van der Waals surface area contributed by atoms with Crippen LogP contribution in [0.25, 0.3) is 11.0 Å². The molecule has 8 nitrogen and oxygen atoms in total. The van der Waals surface area contributed by atoms with Crippen LogP contribution in [0.4, 0.5) is 5.82 Å². The highest BCUT2D eigenvalue weighted by atomic mass is 16.3. The Bertz CT molecular complexity index is 1070. The molecule has 0 bridgehead atoms. The fraction of sp³-hybridized carbons (Fsp3) is 0.375. The fourth-order valence-electron chi connectivity index (χ4n) is 3.95. The highest BCUT2D eigenvalue weighted by molar-refractivity contribution is 5.83. The standard InChI is InChI=1S/C24H30N6O2/c1-18-19-7-3-4-8-20(19)32-21(18)17-28-24(25-2)27-12-10-23(31)30-15-13-29(14-16-30)22-9-5-6-11-26-22/h3-9,11H,10,12-17H2,1-2H3,(H2,25,27,28). The first kappa shape index (κ1) is 21.7. The lowest BCUT2D eigenvalue weighted by Crippen LogP contribution is -2.49. The molecule has 0 saturated carbocycles. The largest absolute Gasteiger partial charge is 0.459 e. The Morgan fingerprint density at radius 2 is 1.88 bits per heavy atom. The molecule has 0 aliphatic carbocycles. The monoisotopic (exact) mass is 434 g/mol. The Labute approximate surface area is 188 Å². The topological polar surface area (TPSA) is 86.0 Å². The van der Waals surface area contributed by atoms with Gasteiger partial charge in [0.05, 0.1) is 6.54 Å². The third-order valence-corrected chi connectivity index (χ3v) is 5.82. The van der Waals surface area contributed by atoms with Crippen LogP contribution in [0.3, 0.4) is 0 Å².